The van der Waals surface area contributed by atoms with Gasteiger partial charge >= 0.3 is 6.18 Å². The van der Waals surface area contributed by atoms with Gasteiger partial charge in [-0.25, -0.2) is 15.0 Å². The summed E-state index contributed by atoms with van der Waals surface area (Å²) in [4.78, 5) is 13.2. The second kappa shape index (κ2) is 7.50. The van der Waals surface area contributed by atoms with Crippen LogP contribution in [0.5, 0.6) is 0 Å². The van der Waals surface area contributed by atoms with Gasteiger partial charge in [-0.15, -0.1) is 0 Å². The third-order valence-electron chi connectivity index (χ3n) is 4.35. The van der Waals surface area contributed by atoms with Crippen molar-refractivity contribution in [2.75, 3.05) is 11.9 Å². The Labute approximate surface area is 164 Å². The van der Waals surface area contributed by atoms with Gasteiger partial charge in [-0.1, -0.05) is 19.1 Å². The molecular weight excluding hydrogens is 381 g/mol. The Hall–Kier alpha value is -3.49. The molecule has 0 saturated carbocycles. The van der Waals surface area contributed by atoms with E-state index in [0.717, 1.165) is 23.9 Å². The third kappa shape index (κ3) is 3.89. The standard InChI is InChI=1S/C20H17F3N6/c1-2-7-24-19-25-8-6-16(27-19)15-10-13-11-26-29-18(13)28-17(15)12-4-3-5-14(9-12)20(21,22)23/h3-6,8-11H,2,7H2,1H3,(H,24,25,27)(H,26,28,29). The average Bonchev–Trinajstić information content (AvgIpc) is 3.18. The van der Waals surface area contributed by atoms with E-state index in [2.05, 4.69) is 30.5 Å². The molecule has 4 rings (SSSR count). The fourth-order valence-electron chi connectivity index (χ4n) is 2.97. The number of benzene rings is 1. The summed E-state index contributed by atoms with van der Waals surface area (Å²) in [5.74, 6) is 0.451. The highest BCUT2D eigenvalue weighted by molar-refractivity contribution is 5.89. The Balaban J connectivity index is 1.89. The SMILES string of the molecule is CCCNc1nccc(-c2cc3cn[nH]c3nc2-c2cccc(C(F)(F)F)c2)n1. The predicted octanol–water partition coefficient (Wildman–Crippen LogP) is 4.92. The summed E-state index contributed by atoms with van der Waals surface area (Å²) < 4.78 is 39.6. The number of nitrogens with one attached hydrogen (secondary N) is 2. The first-order chi connectivity index (χ1) is 14.0. The predicted molar refractivity (Wildman–Crippen MR) is 104 cm³/mol. The molecule has 29 heavy (non-hydrogen) atoms. The monoisotopic (exact) mass is 398 g/mol. The molecule has 148 valence electrons. The van der Waals surface area contributed by atoms with Gasteiger partial charge in [0.05, 0.1) is 23.1 Å². The van der Waals surface area contributed by atoms with Crippen LogP contribution >= 0.6 is 0 Å². The second-order valence-corrected chi connectivity index (χ2v) is 6.46. The number of H-pyrrole nitrogens is 1. The van der Waals surface area contributed by atoms with Crippen molar-refractivity contribution >= 4 is 17.0 Å². The summed E-state index contributed by atoms with van der Waals surface area (Å²) in [5, 5.41) is 10.6. The average molecular weight is 398 g/mol. The van der Waals surface area contributed by atoms with Crippen LogP contribution in [-0.4, -0.2) is 31.7 Å². The molecule has 0 aliphatic rings. The van der Waals surface area contributed by atoms with Gasteiger partial charge in [0.2, 0.25) is 5.95 Å². The van der Waals surface area contributed by atoms with Gasteiger partial charge in [-0.2, -0.15) is 18.3 Å². The highest BCUT2D eigenvalue weighted by Crippen LogP contribution is 2.36. The van der Waals surface area contributed by atoms with Crippen LogP contribution in [-0.2, 0) is 6.18 Å². The lowest BCUT2D eigenvalue weighted by Gasteiger charge is -2.12. The van der Waals surface area contributed by atoms with E-state index in [1.807, 2.05) is 13.0 Å². The molecule has 6 nitrogen and oxygen atoms in total. The summed E-state index contributed by atoms with van der Waals surface area (Å²) in [6, 6.07) is 8.61. The minimum absolute atomic E-state index is 0.341. The van der Waals surface area contributed by atoms with Crippen LogP contribution in [0.4, 0.5) is 19.1 Å². The van der Waals surface area contributed by atoms with Gasteiger partial charge in [0, 0.05) is 29.3 Å². The Morgan fingerprint density at radius 2 is 1.97 bits per heavy atom. The molecule has 0 saturated heterocycles. The molecule has 2 N–H and O–H groups in total. The third-order valence-corrected chi connectivity index (χ3v) is 4.35. The summed E-state index contributed by atoms with van der Waals surface area (Å²) >= 11 is 0. The van der Waals surface area contributed by atoms with Gasteiger partial charge in [-0.3, -0.25) is 5.10 Å². The fourth-order valence-corrected chi connectivity index (χ4v) is 2.97. The number of halogens is 3. The van der Waals surface area contributed by atoms with Crippen LogP contribution in [0.25, 0.3) is 33.5 Å². The molecule has 0 unspecified atom stereocenters. The maximum absolute atomic E-state index is 13.2. The van der Waals surface area contributed by atoms with Gasteiger partial charge in [0.15, 0.2) is 5.65 Å². The van der Waals surface area contributed by atoms with Crippen molar-refractivity contribution in [2.24, 2.45) is 0 Å². The fraction of sp³-hybridized carbons (Fsp3) is 0.200. The Morgan fingerprint density at radius 1 is 1.10 bits per heavy atom. The molecule has 0 radical (unpaired) electrons. The Bertz CT molecular complexity index is 1150. The van der Waals surface area contributed by atoms with Crippen LogP contribution in [0.2, 0.25) is 0 Å². The molecule has 0 fully saturated rings. The van der Waals surface area contributed by atoms with Crippen LogP contribution in [0, 0.1) is 0 Å². The normalized spacial score (nSPS) is 11.7. The molecule has 0 aliphatic heterocycles. The number of aromatic nitrogens is 5. The maximum Gasteiger partial charge on any atom is 0.416 e. The summed E-state index contributed by atoms with van der Waals surface area (Å²) in [6.07, 6.45) is -0.318. The molecule has 3 aromatic heterocycles. The summed E-state index contributed by atoms with van der Waals surface area (Å²) in [5.41, 5.74) is 1.63. The van der Waals surface area contributed by atoms with Crippen molar-refractivity contribution < 1.29 is 13.2 Å². The minimum atomic E-state index is -4.44. The molecule has 9 heteroatoms. The van der Waals surface area contributed by atoms with E-state index in [9.17, 15) is 13.2 Å². The molecule has 0 bridgehead atoms. The molecule has 0 atom stereocenters. The number of nitrogens with zero attached hydrogens (tertiary/aromatic N) is 4. The molecule has 3 heterocycles. The molecular formula is C20H17F3N6. The van der Waals surface area contributed by atoms with Crippen LogP contribution < -0.4 is 5.32 Å². The van der Waals surface area contributed by atoms with Crippen LogP contribution in [0.3, 0.4) is 0 Å². The first kappa shape index (κ1) is 18.9. The van der Waals surface area contributed by atoms with Crippen LogP contribution in [0.15, 0.2) is 48.8 Å². The van der Waals surface area contributed by atoms with Crippen molar-refractivity contribution in [3.05, 3.63) is 54.4 Å². The van der Waals surface area contributed by atoms with Crippen molar-refractivity contribution in [2.45, 2.75) is 19.5 Å². The first-order valence-corrected chi connectivity index (χ1v) is 9.05. The maximum atomic E-state index is 13.2. The zero-order valence-electron chi connectivity index (χ0n) is 15.5. The molecule has 4 aromatic rings. The van der Waals surface area contributed by atoms with Crippen molar-refractivity contribution in [1.82, 2.24) is 25.1 Å². The van der Waals surface area contributed by atoms with E-state index < -0.39 is 11.7 Å². The number of pyridine rings is 1. The quantitative estimate of drug-likeness (QED) is 0.499. The molecule has 1 aromatic carbocycles. The largest absolute Gasteiger partial charge is 0.416 e. The number of alkyl halides is 3. The first-order valence-electron chi connectivity index (χ1n) is 9.05. The van der Waals surface area contributed by atoms with E-state index in [0.29, 0.717) is 40.7 Å². The van der Waals surface area contributed by atoms with E-state index in [1.165, 1.54) is 6.07 Å². The van der Waals surface area contributed by atoms with Crippen LogP contribution in [0.1, 0.15) is 18.9 Å². The highest BCUT2D eigenvalue weighted by Gasteiger charge is 2.30. The van der Waals surface area contributed by atoms with E-state index in [1.54, 1.807) is 24.5 Å². The van der Waals surface area contributed by atoms with E-state index in [4.69, 9.17) is 0 Å². The second-order valence-electron chi connectivity index (χ2n) is 6.46. The van der Waals surface area contributed by atoms with E-state index >= 15 is 0 Å². The van der Waals surface area contributed by atoms with Gasteiger partial charge in [-0.05, 0) is 30.7 Å². The zero-order chi connectivity index (χ0) is 20.4. The van der Waals surface area contributed by atoms with Gasteiger partial charge in [0.1, 0.15) is 0 Å². The van der Waals surface area contributed by atoms with Gasteiger partial charge < -0.3 is 5.32 Å². The van der Waals surface area contributed by atoms with Gasteiger partial charge in [0.25, 0.3) is 0 Å². The summed E-state index contributed by atoms with van der Waals surface area (Å²) in [7, 11) is 0. The van der Waals surface area contributed by atoms with E-state index in [-0.39, 0.29) is 0 Å². The molecule has 0 spiro atoms. The Kier molecular flexibility index (Phi) is 4.87. The minimum Gasteiger partial charge on any atom is -0.354 e. The number of anilines is 1. The van der Waals surface area contributed by atoms with Crippen molar-refractivity contribution in [3.63, 3.8) is 0 Å². The van der Waals surface area contributed by atoms with Crippen molar-refractivity contribution in [1.29, 1.82) is 0 Å². The molecule has 0 aliphatic carbocycles. The smallest absolute Gasteiger partial charge is 0.354 e. The van der Waals surface area contributed by atoms with Crippen molar-refractivity contribution in [3.8, 4) is 22.5 Å². The summed E-state index contributed by atoms with van der Waals surface area (Å²) in [6.45, 7) is 2.74. The number of hydrogen-bond acceptors (Lipinski definition) is 5. The molecule has 0 amide bonds. The zero-order valence-corrected chi connectivity index (χ0v) is 15.5. The topological polar surface area (TPSA) is 79.4 Å². The lowest BCUT2D eigenvalue weighted by atomic mass is 10.0. The number of aromatic amines is 1. The number of rotatable bonds is 5. The Morgan fingerprint density at radius 3 is 2.76 bits per heavy atom. The highest BCUT2D eigenvalue weighted by atomic mass is 19.4. The number of hydrogen-bond donors (Lipinski definition) is 2. The number of fused-ring (bicyclic) bond motifs is 1. The lowest BCUT2D eigenvalue weighted by Crippen LogP contribution is -2.05. The lowest BCUT2D eigenvalue weighted by molar-refractivity contribution is -0.137.